The highest BCUT2D eigenvalue weighted by molar-refractivity contribution is 9.11. The quantitative estimate of drug-likeness (QED) is 0.360. The molecule has 0 N–H and O–H groups in total. The SMILES string of the molecule is CCC1=C(C)C2=C(c3ccc(Br)cc3Br)c3c(C)c(CC)c(C)n3[B-](F)(F)[N+]2=C1C. The van der Waals surface area contributed by atoms with Crippen LogP contribution in [0, 0.1) is 13.8 Å². The topological polar surface area (TPSA) is 7.94 Å². The molecular weight excluding hydrogens is 513 g/mol. The van der Waals surface area contributed by atoms with Crippen LogP contribution in [0.25, 0.3) is 5.57 Å². The molecule has 0 radical (unpaired) electrons. The van der Waals surface area contributed by atoms with Crippen LogP contribution in [0.5, 0.6) is 0 Å². The number of allylic oxidation sites excluding steroid dienone is 2. The maximum atomic E-state index is 16.2. The molecule has 0 fully saturated rings. The van der Waals surface area contributed by atoms with Gasteiger partial charge in [-0.15, -0.1) is 0 Å². The van der Waals surface area contributed by atoms with Crippen LogP contribution in [-0.2, 0) is 6.42 Å². The Morgan fingerprint density at radius 2 is 1.70 bits per heavy atom. The van der Waals surface area contributed by atoms with Gasteiger partial charge in [0, 0.05) is 38.3 Å². The third kappa shape index (κ3) is 2.74. The molecule has 1 aromatic carbocycles. The number of rotatable bonds is 3. The second-order valence-corrected chi connectivity index (χ2v) is 9.88. The molecule has 2 aliphatic heterocycles. The molecule has 4 rings (SSSR count). The number of halogens is 4. The van der Waals surface area contributed by atoms with E-state index >= 15 is 8.63 Å². The molecule has 7 heteroatoms. The molecule has 0 saturated carbocycles. The summed E-state index contributed by atoms with van der Waals surface area (Å²) in [5.41, 5.74) is 8.34. The van der Waals surface area contributed by atoms with Gasteiger partial charge in [-0.3, -0.25) is 0 Å². The summed E-state index contributed by atoms with van der Waals surface area (Å²) in [5.74, 6) is 0. The van der Waals surface area contributed by atoms with E-state index in [1.54, 1.807) is 0 Å². The first-order valence-electron chi connectivity index (χ1n) is 10.3. The fourth-order valence-corrected chi connectivity index (χ4v) is 6.67. The molecule has 3 heterocycles. The van der Waals surface area contributed by atoms with E-state index in [9.17, 15) is 0 Å². The van der Waals surface area contributed by atoms with Crippen LogP contribution in [0.2, 0.25) is 0 Å². The first-order chi connectivity index (χ1) is 14.1. The van der Waals surface area contributed by atoms with Gasteiger partial charge < -0.3 is 17.6 Å². The van der Waals surface area contributed by atoms with Crippen LogP contribution in [0.1, 0.15) is 62.2 Å². The van der Waals surface area contributed by atoms with E-state index in [2.05, 4.69) is 31.9 Å². The van der Waals surface area contributed by atoms with Crippen molar-refractivity contribution in [2.45, 2.75) is 54.4 Å². The van der Waals surface area contributed by atoms with Gasteiger partial charge in [0.15, 0.2) is 5.70 Å². The third-order valence-electron chi connectivity index (χ3n) is 6.70. The second-order valence-electron chi connectivity index (χ2n) is 8.11. The van der Waals surface area contributed by atoms with Crippen molar-refractivity contribution in [2.24, 2.45) is 0 Å². The average molecular weight is 538 g/mol. The molecule has 0 saturated heterocycles. The van der Waals surface area contributed by atoms with Crippen molar-refractivity contribution in [3.8, 4) is 0 Å². The summed E-state index contributed by atoms with van der Waals surface area (Å²) in [7, 11) is 0. The van der Waals surface area contributed by atoms with Crippen LogP contribution in [0.15, 0.2) is 44.0 Å². The smallest absolute Gasteiger partial charge is 0.393 e. The van der Waals surface area contributed by atoms with Crippen LogP contribution in [0.3, 0.4) is 0 Å². The van der Waals surface area contributed by atoms with Gasteiger partial charge in [0.05, 0.1) is 5.57 Å². The van der Waals surface area contributed by atoms with Crippen molar-refractivity contribution in [1.82, 2.24) is 4.48 Å². The van der Waals surface area contributed by atoms with Crippen molar-refractivity contribution in [2.75, 3.05) is 0 Å². The lowest BCUT2D eigenvalue weighted by Crippen LogP contribution is -2.51. The Balaban J connectivity index is 2.25. The minimum atomic E-state index is -3.99. The zero-order valence-corrected chi connectivity index (χ0v) is 21.3. The Kier molecular flexibility index (Phi) is 5.29. The zero-order chi connectivity index (χ0) is 22.1. The van der Waals surface area contributed by atoms with Gasteiger partial charge in [-0.25, -0.2) is 0 Å². The Morgan fingerprint density at radius 1 is 1.03 bits per heavy atom. The summed E-state index contributed by atoms with van der Waals surface area (Å²) in [6.45, 7) is 7.71. The molecule has 0 spiro atoms. The first kappa shape index (κ1) is 21.8. The molecular formula is C23H25BBr2F2N2. The highest BCUT2D eigenvalue weighted by atomic mass is 79.9. The molecule has 0 atom stereocenters. The van der Waals surface area contributed by atoms with E-state index in [-0.39, 0.29) is 0 Å². The fourth-order valence-electron chi connectivity index (χ4n) is 5.43. The zero-order valence-electron chi connectivity index (χ0n) is 18.1. The van der Waals surface area contributed by atoms with E-state index < -0.39 is 6.97 Å². The molecule has 0 bridgehead atoms. The highest BCUT2D eigenvalue weighted by Crippen LogP contribution is 2.48. The Bertz CT molecular complexity index is 1200. The van der Waals surface area contributed by atoms with Gasteiger partial charge in [0.25, 0.3) is 0 Å². The molecule has 2 nitrogen and oxygen atoms in total. The van der Waals surface area contributed by atoms with Gasteiger partial charge in [-0.2, -0.15) is 0 Å². The molecule has 2 aliphatic rings. The van der Waals surface area contributed by atoms with Gasteiger partial charge in [0.1, 0.15) is 5.71 Å². The Labute approximate surface area is 193 Å². The lowest BCUT2D eigenvalue weighted by atomic mass is 9.83. The van der Waals surface area contributed by atoms with E-state index in [4.69, 9.17) is 0 Å². The van der Waals surface area contributed by atoms with Crippen molar-refractivity contribution >= 4 is 50.1 Å². The number of fused-ring (bicyclic) bond motifs is 2. The van der Waals surface area contributed by atoms with Crippen LogP contribution in [0.4, 0.5) is 8.63 Å². The molecule has 1 aromatic heterocycles. The van der Waals surface area contributed by atoms with Crippen molar-refractivity contribution in [3.63, 3.8) is 0 Å². The number of hydrogen-bond acceptors (Lipinski definition) is 0. The number of benzene rings is 1. The average Bonchev–Trinajstić information content (AvgIpc) is 3.08. The largest absolute Gasteiger partial charge is 0.737 e. The van der Waals surface area contributed by atoms with E-state index in [1.807, 2.05) is 59.7 Å². The fraction of sp³-hybridized carbons (Fsp3) is 0.348. The molecule has 30 heavy (non-hydrogen) atoms. The van der Waals surface area contributed by atoms with Gasteiger partial charge in [0.2, 0.25) is 0 Å². The summed E-state index contributed by atoms with van der Waals surface area (Å²) in [5, 5.41) is 0. The summed E-state index contributed by atoms with van der Waals surface area (Å²) in [6.07, 6.45) is 1.46. The molecule has 0 unspecified atom stereocenters. The molecule has 158 valence electrons. The number of aromatic nitrogens is 1. The van der Waals surface area contributed by atoms with E-state index in [1.165, 1.54) is 8.96 Å². The summed E-state index contributed by atoms with van der Waals surface area (Å²) < 4.78 is 36.8. The van der Waals surface area contributed by atoms with Gasteiger partial charge in [-0.05, 0) is 62.6 Å². The van der Waals surface area contributed by atoms with Crippen LogP contribution >= 0.6 is 31.9 Å². The molecule has 0 aliphatic carbocycles. The maximum absolute atomic E-state index is 16.2. The Hall–Kier alpha value is -1.47. The van der Waals surface area contributed by atoms with Gasteiger partial charge in [-0.1, -0.05) is 51.8 Å². The number of nitrogens with zero attached hydrogens (tertiary/aromatic N) is 2. The van der Waals surface area contributed by atoms with E-state index in [0.29, 0.717) is 22.8 Å². The van der Waals surface area contributed by atoms with Gasteiger partial charge >= 0.3 is 6.97 Å². The third-order valence-corrected chi connectivity index (χ3v) is 7.85. The van der Waals surface area contributed by atoms with Crippen molar-refractivity contribution < 1.29 is 13.1 Å². The molecule has 0 amide bonds. The Morgan fingerprint density at radius 3 is 2.27 bits per heavy atom. The van der Waals surface area contributed by atoms with E-state index in [0.717, 1.165) is 55.2 Å². The standard InChI is InChI=1S/C23H25BBr2F2N2/c1-7-17-12(3)22-21(19-10-9-16(25)11-20(19)26)23-13(4)18(8-2)15(6)30(23)24(27,28)29(22)14(17)5/h9-11H,7-8H2,1-6H3. The van der Waals surface area contributed by atoms with Crippen LogP contribution < -0.4 is 0 Å². The lowest BCUT2D eigenvalue weighted by Gasteiger charge is -2.34. The maximum Gasteiger partial charge on any atom is 0.737 e. The minimum Gasteiger partial charge on any atom is -0.393 e. The number of hydrogen-bond donors (Lipinski definition) is 0. The highest BCUT2D eigenvalue weighted by Gasteiger charge is 2.56. The summed E-state index contributed by atoms with van der Waals surface area (Å²) >= 11 is 7.22. The summed E-state index contributed by atoms with van der Waals surface area (Å²) in [6, 6.07) is 5.96. The predicted molar refractivity (Wildman–Crippen MR) is 128 cm³/mol. The van der Waals surface area contributed by atoms with Crippen molar-refractivity contribution in [3.05, 3.63) is 72.1 Å². The minimum absolute atomic E-state index is 0.646. The van der Waals surface area contributed by atoms with Crippen molar-refractivity contribution in [1.29, 1.82) is 0 Å². The second kappa shape index (κ2) is 7.30. The lowest BCUT2D eigenvalue weighted by molar-refractivity contribution is -0.363. The molecule has 2 aromatic rings. The summed E-state index contributed by atoms with van der Waals surface area (Å²) in [4.78, 5) is 0. The normalized spacial score (nSPS) is 17.8. The monoisotopic (exact) mass is 536 g/mol. The predicted octanol–water partition coefficient (Wildman–Crippen LogP) is 7.40. The first-order valence-corrected chi connectivity index (χ1v) is 11.9. The van der Waals surface area contributed by atoms with Crippen LogP contribution in [-0.4, -0.2) is 21.6 Å².